The van der Waals surface area contributed by atoms with E-state index in [9.17, 15) is 9.59 Å². The van der Waals surface area contributed by atoms with E-state index in [1.807, 2.05) is 51.3 Å². The zero-order valence-corrected chi connectivity index (χ0v) is 21.6. The summed E-state index contributed by atoms with van der Waals surface area (Å²) < 4.78 is 5.12. The Bertz CT molecular complexity index is 426. The minimum Gasteiger partial charge on any atom is -0.447 e. The smallest absolute Gasteiger partial charge is 0.410 e. The van der Waals surface area contributed by atoms with Crippen molar-refractivity contribution in [2.45, 2.75) is 139 Å². The van der Waals surface area contributed by atoms with Crippen molar-refractivity contribution in [1.82, 2.24) is 14.7 Å². The Labute approximate surface area is 180 Å². The number of urea groups is 1. The largest absolute Gasteiger partial charge is 0.447 e. The van der Waals surface area contributed by atoms with Gasteiger partial charge in [0.1, 0.15) is 0 Å². The molecule has 0 aromatic heterocycles. The molecule has 0 heterocycles. The van der Waals surface area contributed by atoms with E-state index in [-0.39, 0.29) is 54.5 Å². The van der Waals surface area contributed by atoms with Crippen molar-refractivity contribution in [2.24, 2.45) is 0 Å². The first-order chi connectivity index (χ1) is 13.1. The molecular formula is C23H49N3O3. The fraction of sp³-hybridized carbons (Fsp3) is 0.913. The van der Waals surface area contributed by atoms with Crippen molar-refractivity contribution >= 4 is 12.1 Å². The average Bonchev–Trinajstić information content (AvgIpc) is 2.43. The highest BCUT2D eigenvalue weighted by molar-refractivity contribution is 5.75. The molecule has 0 fully saturated rings. The number of amides is 3. The number of ether oxygens (including phenoxy) is 1. The van der Waals surface area contributed by atoms with Crippen LogP contribution in [0.3, 0.4) is 0 Å². The zero-order valence-electron chi connectivity index (χ0n) is 21.6. The van der Waals surface area contributed by atoms with Crippen LogP contribution in [0.5, 0.6) is 0 Å². The third kappa shape index (κ3) is 10.8. The molecule has 0 atom stereocenters. The topological polar surface area (TPSA) is 53.1 Å². The van der Waals surface area contributed by atoms with Gasteiger partial charge in [0, 0.05) is 36.3 Å². The Morgan fingerprint density at radius 3 is 0.897 bits per heavy atom. The van der Waals surface area contributed by atoms with E-state index in [2.05, 4.69) is 55.4 Å². The summed E-state index contributed by atoms with van der Waals surface area (Å²) in [5.74, 6) is 0. The van der Waals surface area contributed by atoms with Crippen molar-refractivity contribution in [3.63, 3.8) is 0 Å². The lowest BCUT2D eigenvalue weighted by molar-refractivity contribution is 0.0574. The summed E-state index contributed by atoms with van der Waals surface area (Å²) >= 11 is 0. The fourth-order valence-corrected chi connectivity index (χ4v) is 3.49. The van der Waals surface area contributed by atoms with Crippen molar-refractivity contribution in [2.75, 3.05) is 0 Å². The van der Waals surface area contributed by atoms with Crippen LogP contribution in [-0.2, 0) is 4.74 Å². The summed E-state index contributed by atoms with van der Waals surface area (Å²) in [4.78, 5) is 29.6. The molecule has 0 rings (SSSR count). The first-order valence-corrected chi connectivity index (χ1v) is 11.2. The van der Waals surface area contributed by atoms with Crippen molar-refractivity contribution < 1.29 is 14.3 Å². The van der Waals surface area contributed by atoms with Crippen LogP contribution < -0.4 is 0 Å². The predicted octanol–water partition coefficient (Wildman–Crippen LogP) is 5.99. The number of hydrogen-bond acceptors (Lipinski definition) is 3. The Balaban J connectivity index is 0. The highest BCUT2D eigenvalue weighted by Gasteiger charge is 2.28. The van der Waals surface area contributed by atoms with E-state index < -0.39 is 0 Å². The Kier molecular flexibility index (Phi) is 14.1. The fourth-order valence-electron chi connectivity index (χ4n) is 3.49. The van der Waals surface area contributed by atoms with Gasteiger partial charge in [0.15, 0.2) is 0 Å². The monoisotopic (exact) mass is 415 g/mol. The lowest BCUT2D eigenvalue weighted by Gasteiger charge is -2.39. The summed E-state index contributed by atoms with van der Waals surface area (Å²) in [6, 6.07) is 1.49. The summed E-state index contributed by atoms with van der Waals surface area (Å²) in [6.07, 6.45) is -0.271. The van der Waals surface area contributed by atoms with Gasteiger partial charge >= 0.3 is 12.1 Å². The molecule has 174 valence electrons. The Morgan fingerprint density at radius 1 is 0.483 bits per heavy atom. The quantitative estimate of drug-likeness (QED) is 0.513. The third-order valence-corrected chi connectivity index (χ3v) is 4.33. The van der Waals surface area contributed by atoms with Crippen LogP contribution in [0.4, 0.5) is 9.59 Å². The van der Waals surface area contributed by atoms with E-state index in [1.54, 1.807) is 4.90 Å². The molecule has 0 aromatic rings. The van der Waals surface area contributed by atoms with Gasteiger partial charge in [0.25, 0.3) is 0 Å². The predicted molar refractivity (Wildman–Crippen MR) is 123 cm³/mol. The van der Waals surface area contributed by atoms with E-state index in [1.165, 1.54) is 0 Å². The molecule has 29 heavy (non-hydrogen) atoms. The number of carbonyl (C=O) groups excluding carboxylic acids is 2. The normalized spacial score (nSPS) is 11.5. The number of nitrogens with zero attached hydrogens (tertiary/aromatic N) is 3. The van der Waals surface area contributed by atoms with Crippen LogP contribution in [0, 0.1) is 0 Å². The molecule has 0 saturated carbocycles. The molecule has 0 aliphatic heterocycles. The Hall–Kier alpha value is -1.46. The van der Waals surface area contributed by atoms with Gasteiger partial charge in [-0.1, -0.05) is 0 Å². The minimum atomic E-state index is -0.222. The lowest BCUT2D eigenvalue weighted by atomic mass is 10.2. The van der Waals surface area contributed by atoms with Crippen LogP contribution in [0.1, 0.15) is 96.9 Å². The van der Waals surface area contributed by atoms with Gasteiger partial charge in [0.05, 0.1) is 6.10 Å². The van der Waals surface area contributed by atoms with E-state index in [0.717, 1.165) is 0 Å². The second-order valence-electron chi connectivity index (χ2n) is 9.50. The van der Waals surface area contributed by atoms with Gasteiger partial charge in [-0.05, 0) is 96.9 Å². The second-order valence-corrected chi connectivity index (χ2v) is 9.50. The molecule has 0 aliphatic carbocycles. The van der Waals surface area contributed by atoms with Gasteiger partial charge in [-0.25, -0.2) is 9.59 Å². The van der Waals surface area contributed by atoms with Gasteiger partial charge < -0.3 is 19.4 Å². The average molecular weight is 416 g/mol. The van der Waals surface area contributed by atoms with Crippen molar-refractivity contribution in [3.05, 3.63) is 0 Å². The van der Waals surface area contributed by atoms with Crippen LogP contribution in [-0.4, -0.2) is 69.2 Å². The molecule has 0 spiro atoms. The Morgan fingerprint density at radius 2 is 0.724 bits per heavy atom. The first-order valence-electron chi connectivity index (χ1n) is 11.2. The van der Waals surface area contributed by atoms with Crippen LogP contribution in [0.25, 0.3) is 0 Å². The molecule has 0 radical (unpaired) electrons. The standard InChI is InChI=1S/C13H28N2O.C10H21NO2/c1-9(2)14(10(3)4)13(16)15(11(5)6)12(7)8;1-7(2)11(8(3)4)10(12)13-9(5)6/h9-12H,1-8H3;7-9H,1-6H3. The summed E-state index contributed by atoms with van der Waals surface area (Å²) in [5.41, 5.74) is 0. The zero-order chi connectivity index (χ0) is 23.6. The van der Waals surface area contributed by atoms with E-state index >= 15 is 0 Å². The maximum atomic E-state index is 12.5. The molecule has 0 bridgehead atoms. The first kappa shape index (κ1) is 29.7. The molecule has 0 saturated heterocycles. The summed E-state index contributed by atoms with van der Waals surface area (Å²) in [7, 11) is 0. The molecule has 0 unspecified atom stereocenters. The molecule has 3 amide bonds. The second kappa shape index (κ2) is 13.7. The maximum Gasteiger partial charge on any atom is 0.410 e. The number of carbonyl (C=O) groups is 2. The summed E-state index contributed by atoms with van der Waals surface area (Å²) in [5, 5.41) is 0. The van der Waals surface area contributed by atoms with Crippen LogP contribution in [0.2, 0.25) is 0 Å². The molecule has 6 heteroatoms. The molecule has 0 aromatic carbocycles. The van der Waals surface area contributed by atoms with Crippen molar-refractivity contribution in [3.8, 4) is 0 Å². The molecule has 0 aliphatic rings. The van der Waals surface area contributed by atoms with Gasteiger partial charge in [-0.15, -0.1) is 0 Å². The summed E-state index contributed by atoms with van der Waals surface area (Å²) in [6.45, 7) is 28.2. The number of rotatable bonds is 7. The van der Waals surface area contributed by atoms with Crippen LogP contribution >= 0.6 is 0 Å². The molecule has 6 nitrogen and oxygen atoms in total. The number of hydrogen-bond donors (Lipinski definition) is 0. The highest BCUT2D eigenvalue weighted by atomic mass is 16.6. The van der Waals surface area contributed by atoms with E-state index in [0.29, 0.717) is 0 Å². The SMILES string of the molecule is CC(C)N(C(=O)N(C(C)C)C(C)C)C(C)C.CC(C)OC(=O)N(C(C)C)C(C)C. The van der Waals surface area contributed by atoms with Crippen LogP contribution in [0.15, 0.2) is 0 Å². The lowest BCUT2D eigenvalue weighted by Crippen LogP contribution is -2.53. The highest BCUT2D eigenvalue weighted by Crippen LogP contribution is 2.14. The van der Waals surface area contributed by atoms with Gasteiger partial charge in [-0.3, -0.25) is 0 Å². The third-order valence-electron chi connectivity index (χ3n) is 4.33. The van der Waals surface area contributed by atoms with Gasteiger partial charge in [0.2, 0.25) is 0 Å². The maximum absolute atomic E-state index is 12.5. The van der Waals surface area contributed by atoms with E-state index in [4.69, 9.17) is 4.74 Å². The van der Waals surface area contributed by atoms with Crippen molar-refractivity contribution in [1.29, 1.82) is 0 Å². The van der Waals surface area contributed by atoms with Gasteiger partial charge in [-0.2, -0.15) is 0 Å². The molecular weight excluding hydrogens is 366 g/mol. The minimum absolute atomic E-state index is 0.0486. The molecule has 0 N–H and O–H groups in total.